The van der Waals surface area contributed by atoms with Gasteiger partial charge >= 0.3 is 0 Å². The third-order valence-electron chi connectivity index (χ3n) is 5.31. The Kier molecular flexibility index (Phi) is 5.07. The van der Waals surface area contributed by atoms with E-state index in [4.69, 9.17) is 4.74 Å². The first-order valence-electron chi connectivity index (χ1n) is 9.60. The van der Waals surface area contributed by atoms with Crippen molar-refractivity contribution in [2.45, 2.75) is 31.6 Å². The molecule has 1 aliphatic heterocycles. The molecule has 0 radical (unpaired) electrons. The minimum Gasteiger partial charge on any atom is -0.378 e. The van der Waals surface area contributed by atoms with E-state index in [9.17, 15) is 9.59 Å². The lowest BCUT2D eigenvalue weighted by Gasteiger charge is -2.28. The van der Waals surface area contributed by atoms with Crippen molar-refractivity contribution in [1.82, 2.24) is 9.55 Å². The van der Waals surface area contributed by atoms with Gasteiger partial charge in [-0.3, -0.25) is 14.2 Å². The zero-order chi connectivity index (χ0) is 18.8. The fourth-order valence-corrected chi connectivity index (χ4v) is 3.53. The van der Waals surface area contributed by atoms with Gasteiger partial charge in [-0.2, -0.15) is 0 Å². The van der Waals surface area contributed by atoms with Gasteiger partial charge in [-0.25, -0.2) is 4.98 Å². The smallest absolute Gasteiger partial charge is 0.255 e. The molecule has 0 spiro atoms. The molecule has 0 N–H and O–H groups in total. The summed E-state index contributed by atoms with van der Waals surface area (Å²) >= 11 is 0. The Hall–Kier alpha value is -2.47. The van der Waals surface area contributed by atoms with Crippen molar-refractivity contribution in [3.05, 3.63) is 57.6 Å². The van der Waals surface area contributed by atoms with Gasteiger partial charge in [0.1, 0.15) is 17.4 Å². The molecule has 6 heteroatoms. The fourth-order valence-electron chi connectivity index (χ4n) is 3.53. The van der Waals surface area contributed by atoms with E-state index in [1.54, 1.807) is 13.1 Å². The lowest BCUT2D eigenvalue weighted by Crippen LogP contribution is -2.38. The Bertz CT molecular complexity index is 896. The molecule has 2 heterocycles. The van der Waals surface area contributed by atoms with Crippen LogP contribution >= 0.6 is 0 Å². The van der Waals surface area contributed by atoms with Crippen LogP contribution in [0.4, 0.5) is 5.82 Å². The molecule has 0 unspecified atom stereocenters. The summed E-state index contributed by atoms with van der Waals surface area (Å²) in [6, 6.07) is 9.86. The first-order valence-corrected chi connectivity index (χ1v) is 9.60. The number of rotatable bonds is 6. The van der Waals surface area contributed by atoms with Crippen molar-refractivity contribution in [2.24, 2.45) is 7.05 Å². The maximum absolute atomic E-state index is 12.6. The van der Waals surface area contributed by atoms with Crippen LogP contribution in [0.5, 0.6) is 0 Å². The number of hydrogen-bond acceptors (Lipinski definition) is 5. The van der Waals surface area contributed by atoms with Gasteiger partial charge in [0.2, 0.25) is 0 Å². The highest BCUT2D eigenvalue weighted by Gasteiger charge is 2.23. The maximum atomic E-state index is 12.6. The van der Waals surface area contributed by atoms with Crippen molar-refractivity contribution >= 4 is 11.6 Å². The van der Waals surface area contributed by atoms with E-state index in [2.05, 4.69) is 17.1 Å². The summed E-state index contributed by atoms with van der Waals surface area (Å²) in [5.74, 6) is 1.91. The van der Waals surface area contributed by atoms with E-state index < -0.39 is 0 Å². The third-order valence-corrected chi connectivity index (χ3v) is 5.31. The van der Waals surface area contributed by atoms with E-state index in [1.165, 1.54) is 23.0 Å². The number of nitrogens with zero attached hydrogens (tertiary/aromatic N) is 3. The molecule has 1 saturated carbocycles. The van der Waals surface area contributed by atoms with Gasteiger partial charge in [0.25, 0.3) is 5.56 Å². The summed E-state index contributed by atoms with van der Waals surface area (Å²) < 4.78 is 6.83. The van der Waals surface area contributed by atoms with Crippen molar-refractivity contribution in [1.29, 1.82) is 0 Å². The second-order valence-corrected chi connectivity index (χ2v) is 7.44. The predicted octanol–water partition coefficient (Wildman–Crippen LogP) is 1.85. The number of carbonyl (C=O) groups is 1. The van der Waals surface area contributed by atoms with Crippen LogP contribution in [0.15, 0.2) is 35.1 Å². The first kappa shape index (κ1) is 17.9. The molecule has 0 amide bonds. The highest BCUT2D eigenvalue weighted by Crippen LogP contribution is 2.40. The van der Waals surface area contributed by atoms with Crippen LogP contribution in [0.1, 0.15) is 35.7 Å². The molecule has 27 heavy (non-hydrogen) atoms. The highest BCUT2D eigenvalue weighted by molar-refractivity contribution is 5.82. The zero-order valence-corrected chi connectivity index (χ0v) is 15.7. The number of benzene rings is 1. The van der Waals surface area contributed by atoms with Gasteiger partial charge in [0.15, 0.2) is 0 Å². The molecule has 2 aliphatic rings. The summed E-state index contributed by atoms with van der Waals surface area (Å²) in [4.78, 5) is 31.6. The van der Waals surface area contributed by atoms with Gasteiger partial charge in [0.05, 0.1) is 19.6 Å². The lowest BCUT2D eigenvalue weighted by molar-refractivity contribution is -0.117. The van der Waals surface area contributed by atoms with Crippen molar-refractivity contribution in [3.63, 3.8) is 0 Å². The third kappa shape index (κ3) is 4.27. The first-order chi connectivity index (χ1) is 13.1. The Balaban J connectivity index is 1.49. The number of hydrogen-bond donors (Lipinski definition) is 0. The van der Waals surface area contributed by atoms with Crippen LogP contribution in [0.2, 0.25) is 0 Å². The zero-order valence-electron chi connectivity index (χ0n) is 15.7. The number of ether oxygens (including phenoxy) is 1. The van der Waals surface area contributed by atoms with E-state index in [0.717, 1.165) is 5.56 Å². The molecule has 2 aromatic rings. The average Bonchev–Trinajstić information content (AvgIpc) is 3.51. The number of ketones is 1. The SMILES string of the molecule is Cn1c(CC(=O)Cc2cccc(C3CC3)c2)nc(N2CCOCC2)cc1=O. The van der Waals surface area contributed by atoms with Gasteiger partial charge in [0, 0.05) is 32.6 Å². The van der Waals surface area contributed by atoms with Crippen molar-refractivity contribution < 1.29 is 9.53 Å². The summed E-state index contributed by atoms with van der Waals surface area (Å²) in [7, 11) is 1.68. The molecular weight excluding hydrogens is 342 g/mol. The lowest BCUT2D eigenvalue weighted by atomic mass is 10.0. The van der Waals surface area contributed by atoms with E-state index in [1.807, 2.05) is 17.0 Å². The molecule has 1 aromatic carbocycles. The van der Waals surface area contributed by atoms with Crippen molar-refractivity contribution in [3.8, 4) is 0 Å². The van der Waals surface area contributed by atoms with Gasteiger partial charge in [-0.15, -0.1) is 0 Å². The Morgan fingerprint density at radius 1 is 1.19 bits per heavy atom. The topological polar surface area (TPSA) is 64.4 Å². The monoisotopic (exact) mass is 367 g/mol. The summed E-state index contributed by atoms with van der Waals surface area (Å²) in [6.07, 6.45) is 3.03. The number of anilines is 1. The molecule has 1 saturated heterocycles. The highest BCUT2D eigenvalue weighted by atomic mass is 16.5. The van der Waals surface area contributed by atoms with Crippen LogP contribution in [0.3, 0.4) is 0 Å². The van der Waals surface area contributed by atoms with E-state index >= 15 is 0 Å². The Labute approximate surface area is 158 Å². The quantitative estimate of drug-likeness (QED) is 0.780. The Morgan fingerprint density at radius 2 is 1.96 bits per heavy atom. The number of morpholine rings is 1. The molecule has 2 fully saturated rings. The normalized spacial score (nSPS) is 17.1. The maximum Gasteiger partial charge on any atom is 0.255 e. The summed E-state index contributed by atoms with van der Waals surface area (Å²) in [5, 5.41) is 0. The Morgan fingerprint density at radius 3 is 2.70 bits per heavy atom. The average molecular weight is 367 g/mol. The minimum atomic E-state index is -0.134. The second-order valence-electron chi connectivity index (χ2n) is 7.44. The standard InChI is InChI=1S/C21H25N3O3/c1-23-19(22-20(14-21(23)26)24-7-9-27-10-8-24)13-18(25)12-15-3-2-4-17(11-15)16-5-6-16/h2-4,11,14,16H,5-10,12-13H2,1H3. The van der Waals surface area contributed by atoms with E-state index in [-0.39, 0.29) is 17.8 Å². The largest absolute Gasteiger partial charge is 0.378 e. The van der Waals surface area contributed by atoms with Crippen LogP contribution in [0.25, 0.3) is 0 Å². The molecule has 0 atom stereocenters. The number of carbonyl (C=O) groups excluding carboxylic acids is 1. The second kappa shape index (κ2) is 7.64. The molecular formula is C21H25N3O3. The summed E-state index contributed by atoms with van der Waals surface area (Å²) in [6.45, 7) is 2.67. The van der Waals surface area contributed by atoms with Gasteiger partial charge in [-0.1, -0.05) is 24.3 Å². The van der Waals surface area contributed by atoms with Gasteiger partial charge in [-0.05, 0) is 29.9 Å². The van der Waals surface area contributed by atoms with Gasteiger partial charge < -0.3 is 9.64 Å². The van der Waals surface area contributed by atoms with Crippen molar-refractivity contribution in [2.75, 3.05) is 31.2 Å². The van der Waals surface area contributed by atoms with E-state index in [0.29, 0.717) is 50.3 Å². The molecule has 142 valence electrons. The number of aromatic nitrogens is 2. The van der Waals surface area contributed by atoms with Crippen LogP contribution in [0, 0.1) is 0 Å². The molecule has 1 aromatic heterocycles. The molecule has 1 aliphatic carbocycles. The summed E-state index contributed by atoms with van der Waals surface area (Å²) in [5.41, 5.74) is 2.24. The molecule has 4 rings (SSSR count). The predicted molar refractivity (Wildman–Crippen MR) is 103 cm³/mol. The van der Waals surface area contributed by atoms with Crippen LogP contribution < -0.4 is 10.5 Å². The number of Topliss-reactive ketones (excluding diaryl/α,β-unsaturated/α-hetero) is 1. The fraction of sp³-hybridized carbons (Fsp3) is 0.476. The minimum absolute atomic E-state index is 0.0737. The molecule has 0 bridgehead atoms. The van der Waals surface area contributed by atoms with Crippen LogP contribution in [-0.2, 0) is 29.4 Å². The van der Waals surface area contributed by atoms with Crippen LogP contribution in [-0.4, -0.2) is 41.6 Å². The molecule has 6 nitrogen and oxygen atoms in total.